The van der Waals surface area contributed by atoms with Gasteiger partial charge >= 0.3 is 12.1 Å². The number of carbonyl (C=O) groups excluding carboxylic acids is 2. The number of hydrogen-bond acceptors (Lipinski definition) is 5. The molecular formula is C26H45N3O3. The minimum Gasteiger partial charge on any atom is -0.385 e. The number of hydrazine groups is 1. The number of unbranched alkanes of at least 4 members (excludes halogenated alkanes) is 13. The van der Waals surface area contributed by atoms with Gasteiger partial charge in [0.05, 0.1) is 5.56 Å². The van der Waals surface area contributed by atoms with Gasteiger partial charge in [0.15, 0.2) is 0 Å². The van der Waals surface area contributed by atoms with Crippen LogP contribution in [0.5, 0.6) is 0 Å². The van der Waals surface area contributed by atoms with Gasteiger partial charge in [-0.05, 0) is 37.6 Å². The number of esters is 1. The molecule has 0 atom stereocenters. The van der Waals surface area contributed by atoms with Crippen molar-refractivity contribution in [1.82, 2.24) is 5.01 Å². The third kappa shape index (κ3) is 13.4. The summed E-state index contributed by atoms with van der Waals surface area (Å²) in [4.78, 5) is 23.5. The zero-order valence-electron chi connectivity index (χ0n) is 20.4. The number of carbonyl (C=O) groups is 2. The van der Waals surface area contributed by atoms with E-state index < -0.39 is 12.1 Å². The van der Waals surface area contributed by atoms with Gasteiger partial charge in [0.1, 0.15) is 0 Å². The Morgan fingerprint density at radius 1 is 0.781 bits per heavy atom. The van der Waals surface area contributed by atoms with Gasteiger partial charge in [-0.1, -0.05) is 90.4 Å². The third-order valence-corrected chi connectivity index (χ3v) is 5.74. The molecule has 0 aliphatic heterocycles. The Kier molecular flexibility index (Phi) is 16.1. The van der Waals surface area contributed by atoms with Gasteiger partial charge in [0.25, 0.3) is 0 Å². The summed E-state index contributed by atoms with van der Waals surface area (Å²) in [7, 11) is 0. The molecule has 32 heavy (non-hydrogen) atoms. The molecule has 0 saturated heterocycles. The number of hydrogen-bond donors (Lipinski definition) is 2. The molecule has 1 amide bonds. The summed E-state index contributed by atoms with van der Waals surface area (Å²) in [5.74, 6) is 4.71. The molecular weight excluding hydrogens is 402 g/mol. The average molecular weight is 448 g/mol. The highest BCUT2D eigenvalue weighted by atomic mass is 16.6. The van der Waals surface area contributed by atoms with E-state index >= 15 is 0 Å². The van der Waals surface area contributed by atoms with E-state index in [1.807, 2.05) is 12.1 Å². The molecule has 6 heteroatoms. The first kappa shape index (κ1) is 28.0. The average Bonchev–Trinajstić information content (AvgIpc) is 2.81. The number of nitrogens with one attached hydrogen (secondary N) is 1. The molecule has 0 heterocycles. The van der Waals surface area contributed by atoms with Gasteiger partial charge in [0, 0.05) is 18.8 Å². The van der Waals surface area contributed by atoms with Crippen LogP contribution in [0.15, 0.2) is 24.3 Å². The van der Waals surface area contributed by atoms with Gasteiger partial charge in [-0.15, -0.1) is 0 Å². The van der Waals surface area contributed by atoms with Crippen molar-refractivity contribution in [1.29, 1.82) is 0 Å². The Balaban J connectivity index is 2.00. The zero-order chi connectivity index (χ0) is 23.4. The number of benzene rings is 1. The first-order valence-electron chi connectivity index (χ1n) is 12.7. The van der Waals surface area contributed by atoms with Crippen LogP contribution in [0.25, 0.3) is 0 Å². The second-order valence-corrected chi connectivity index (χ2v) is 8.54. The minimum atomic E-state index is -0.850. The molecule has 0 unspecified atom stereocenters. The van der Waals surface area contributed by atoms with E-state index in [9.17, 15) is 9.59 Å². The second-order valence-electron chi connectivity index (χ2n) is 8.54. The molecule has 0 fully saturated rings. The van der Waals surface area contributed by atoms with E-state index in [1.54, 1.807) is 19.1 Å². The standard InChI is InChI=1S/C26H45N3O3/c1-3-5-6-7-8-9-10-11-12-13-14-15-16-17-22-28-24-20-18-23(19-21-24)25(30)32-26(31)29(27)4-2/h18-21,28H,3-17,22,27H2,1-2H3. The smallest absolute Gasteiger partial charge is 0.385 e. The Bertz CT molecular complexity index is 619. The maximum Gasteiger partial charge on any atom is 0.432 e. The number of rotatable bonds is 18. The number of ether oxygens (including phenoxy) is 1. The SMILES string of the molecule is CCCCCCCCCCCCCCCCNc1ccc(C(=O)OC(=O)N(N)CC)cc1. The number of nitrogens with zero attached hydrogens (tertiary/aromatic N) is 1. The molecule has 182 valence electrons. The van der Waals surface area contributed by atoms with Crippen molar-refractivity contribution in [2.45, 2.75) is 104 Å². The van der Waals surface area contributed by atoms with Crippen molar-refractivity contribution in [3.05, 3.63) is 29.8 Å². The number of nitrogens with two attached hydrogens (primary N) is 1. The van der Waals surface area contributed by atoms with Gasteiger partial charge in [-0.2, -0.15) is 0 Å². The number of anilines is 1. The lowest BCUT2D eigenvalue weighted by Crippen LogP contribution is -2.38. The largest absolute Gasteiger partial charge is 0.432 e. The van der Waals surface area contributed by atoms with E-state index in [0.29, 0.717) is 5.56 Å². The molecule has 0 radical (unpaired) electrons. The van der Waals surface area contributed by atoms with Crippen LogP contribution in [-0.2, 0) is 4.74 Å². The van der Waals surface area contributed by atoms with Gasteiger partial charge in [0.2, 0.25) is 0 Å². The van der Waals surface area contributed by atoms with Crippen LogP contribution in [0.3, 0.4) is 0 Å². The predicted octanol–water partition coefficient (Wildman–Crippen LogP) is 7.05. The molecule has 1 aromatic rings. The highest BCUT2D eigenvalue weighted by Crippen LogP contribution is 2.14. The highest BCUT2D eigenvalue weighted by Gasteiger charge is 2.16. The van der Waals surface area contributed by atoms with Crippen LogP contribution in [-0.4, -0.2) is 30.2 Å². The lowest BCUT2D eigenvalue weighted by atomic mass is 10.0. The molecule has 0 aliphatic carbocycles. The molecule has 0 bridgehead atoms. The van der Waals surface area contributed by atoms with Crippen molar-refractivity contribution in [3.63, 3.8) is 0 Å². The second kappa shape index (κ2) is 18.5. The van der Waals surface area contributed by atoms with Crippen LogP contribution in [0.4, 0.5) is 10.5 Å². The van der Waals surface area contributed by atoms with Gasteiger partial charge in [-0.3, -0.25) is 0 Å². The molecule has 1 rings (SSSR count). The topological polar surface area (TPSA) is 84.7 Å². The predicted molar refractivity (Wildman–Crippen MR) is 133 cm³/mol. The molecule has 3 N–H and O–H groups in total. The summed E-state index contributed by atoms with van der Waals surface area (Å²) in [6, 6.07) is 6.95. The van der Waals surface area contributed by atoms with Crippen LogP contribution in [0, 0.1) is 0 Å². The van der Waals surface area contributed by atoms with Crippen molar-refractivity contribution in [2.24, 2.45) is 5.84 Å². The Hall–Kier alpha value is -2.08. The normalized spacial score (nSPS) is 10.7. The fraction of sp³-hybridized carbons (Fsp3) is 0.692. The molecule has 6 nitrogen and oxygen atoms in total. The van der Waals surface area contributed by atoms with E-state index in [0.717, 1.165) is 23.7 Å². The monoisotopic (exact) mass is 447 g/mol. The Morgan fingerprint density at radius 2 is 1.25 bits per heavy atom. The summed E-state index contributed by atoms with van der Waals surface area (Å²) >= 11 is 0. The first-order valence-corrected chi connectivity index (χ1v) is 12.7. The molecule has 0 saturated carbocycles. The third-order valence-electron chi connectivity index (χ3n) is 5.74. The summed E-state index contributed by atoms with van der Waals surface area (Å²) in [5, 5.41) is 4.23. The van der Waals surface area contributed by atoms with Crippen molar-refractivity contribution >= 4 is 17.7 Å². The lowest BCUT2D eigenvalue weighted by Gasteiger charge is -2.12. The molecule has 0 spiro atoms. The molecule has 0 aromatic heterocycles. The van der Waals surface area contributed by atoms with Crippen molar-refractivity contribution in [3.8, 4) is 0 Å². The minimum absolute atomic E-state index is 0.272. The highest BCUT2D eigenvalue weighted by molar-refractivity contribution is 5.96. The quantitative estimate of drug-likeness (QED) is 0.0629. The van der Waals surface area contributed by atoms with Gasteiger partial charge in [-0.25, -0.2) is 20.4 Å². The first-order chi connectivity index (χ1) is 15.6. The van der Waals surface area contributed by atoms with Crippen LogP contribution in [0.1, 0.15) is 114 Å². The van der Waals surface area contributed by atoms with E-state index in [4.69, 9.17) is 10.6 Å². The Labute approximate surface area is 195 Å². The fourth-order valence-corrected chi connectivity index (χ4v) is 3.60. The van der Waals surface area contributed by atoms with Gasteiger partial charge < -0.3 is 10.1 Å². The van der Waals surface area contributed by atoms with E-state index in [1.165, 1.54) is 83.5 Å². The van der Waals surface area contributed by atoms with Crippen LogP contribution < -0.4 is 11.2 Å². The van der Waals surface area contributed by atoms with Crippen molar-refractivity contribution in [2.75, 3.05) is 18.4 Å². The maximum atomic E-state index is 11.9. The summed E-state index contributed by atoms with van der Waals surface area (Å²) in [6.07, 6.45) is 18.1. The fourth-order valence-electron chi connectivity index (χ4n) is 3.60. The summed E-state index contributed by atoms with van der Waals surface area (Å²) < 4.78 is 4.72. The maximum absolute atomic E-state index is 11.9. The Morgan fingerprint density at radius 3 is 1.72 bits per heavy atom. The molecule has 1 aromatic carbocycles. The van der Waals surface area contributed by atoms with Crippen LogP contribution >= 0.6 is 0 Å². The summed E-state index contributed by atoms with van der Waals surface area (Å²) in [6.45, 7) is 5.16. The van der Waals surface area contributed by atoms with E-state index in [2.05, 4.69) is 12.2 Å². The summed E-state index contributed by atoms with van der Waals surface area (Å²) in [5.41, 5.74) is 1.28. The zero-order valence-corrected chi connectivity index (χ0v) is 20.4. The molecule has 0 aliphatic rings. The van der Waals surface area contributed by atoms with Crippen molar-refractivity contribution < 1.29 is 14.3 Å². The number of amides is 1. The van der Waals surface area contributed by atoms with Crippen LogP contribution in [0.2, 0.25) is 0 Å². The lowest BCUT2D eigenvalue weighted by molar-refractivity contribution is 0.0545. The van der Waals surface area contributed by atoms with E-state index in [-0.39, 0.29) is 6.54 Å².